The second-order valence-corrected chi connectivity index (χ2v) is 10.7. The highest BCUT2D eigenvalue weighted by molar-refractivity contribution is 5.92. The van der Waals surface area contributed by atoms with Gasteiger partial charge in [0.2, 0.25) is 0 Å². The summed E-state index contributed by atoms with van der Waals surface area (Å²) in [5, 5.41) is 19.2. The van der Waals surface area contributed by atoms with E-state index in [0.717, 1.165) is 66.0 Å². The fourth-order valence-corrected chi connectivity index (χ4v) is 5.68. The van der Waals surface area contributed by atoms with Gasteiger partial charge in [-0.25, -0.2) is 0 Å². The fourth-order valence-electron chi connectivity index (χ4n) is 5.68. The first-order valence-corrected chi connectivity index (χ1v) is 14.4. The van der Waals surface area contributed by atoms with Crippen LogP contribution in [0.4, 0.5) is 0 Å². The zero-order valence-electron chi connectivity index (χ0n) is 23.8. The van der Waals surface area contributed by atoms with E-state index >= 15 is 0 Å². The highest BCUT2D eigenvalue weighted by Gasteiger charge is 2.22. The van der Waals surface area contributed by atoms with Crippen LogP contribution in [-0.4, -0.2) is 73.8 Å². The molecule has 1 N–H and O–H groups in total. The van der Waals surface area contributed by atoms with Crippen molar-refractivity contribution in [2.75, 3.05) is 46.6 Å². The Kier molecular flexibility index (Phi) is 8.68. The maximum atomic E-state index is 9.88. The number of hydrogen-bond donors (Lipinski definition) is 1. The van der Waals surface area contributed by atoms with Gasteiger partial charge in [0.05, 0.1) is 38.6 Å². The molecule has 4 aromatic rings. The topological polar surface area (TPSA) is 110 Å². The van der Waals surface area contributed by atoms with Gasteiger partial charge >= 0.3 is 0 Å². The molecule has 1 unspecified atom stereocenters. The van der Waals surface area contributed by atoms with Crippen molar-refractivity contribution < 1.29 is 28.5 Å². The molecule has 2 aliphatic heterocycles. The zero-order valence-corrected chi connectivity index (χ0v) is 23.8. The summed E-state index contributed by atoms with van der Waals surface area (Å²) >= 11 is 0. The molecule has 4 heterocycles. The summed E-state index contributed by atoms with van der Waals surface area (Å²) in [5.41, 5.74) is 5.55. The third-order valence-electron chi connectivity index (χ3n) is 7.92. The number of furan rings is 1. The zero-order chi connectivity index (χ0) is 28.9. The van der Waals surface area contributed by atoms with Gasteiger partial charge in [-0.1, -0.05) is 18.2 Å². The van der Waals surface area contributed by atoms with Crippen molar-refractivity contribution in [3.05, 3.63) is 65.9 Å². The summed E-state index contributed by atoms with van der Waals surface area (Å²) in [5.74, 6) is 2.06. The summed E-state index contributed by atoms with van der Waals surface area (Å²) < 4.78 is 29.5. The lowest BCUT2D eigenvalue weighted by molar-refractivity contribution is -0.0408. The van der Waals surface area contributed by atoms with E-state index < -0.39 is 0 Å². The largest absolute Gasteiger partial charge is 0.496 e. The van der Waals surface area contributed by atoms with Crippen molar-refractivity contribution in [1.82, 2.24) is 9.88 Å². The molecule has 0 bridgehead atoms. The molecule has 9 nitrogen and oxygen atoms in total. The molecule has 0 spiro atoms. The molecule has 2 aliphatic rings. The average molecular weight is 570 g/mol. The van der Waals surface area contributed by atoms with E-state index in [2.05, 4.69) is 22.0 Å². The van der Waals surface area contributed by atoms with Gasteiger partial charge in [-0.2, -0.15) is 5.26 Å². The molecule has 2 aromatic heterocycles. The number of aliphatic hydroxyl groups excluding tert-OH is 1. The molecule has 0 aliphatic carbocycles. The van der Waals surface area contributed by atoms with Gasteiger partial charge in [0.15, 0.2) is 5.58 Å². The molecule has 0 saturated carbocycles. The molecule has 2 aromatic carbocycles. The van der Waals surface area contributed by atoms with E-state index in [9.17, 15) is 10.4 Å². The number of aliphatic hydroxyl groups is 1. The van der Waals surface area contributed by atoms with Gasteiger partial charge in [-0.3, -0.25) is 9.88 Å². The smallest absolute Gasteiger partial charge is 0.161 e. The van der Waals surface area contributed by atoms with Crippen LogP contribution in [0.3, 0.4) is 0 Å². The number of benzene rings is 2. The van der Waals surface area contributed by atoms with Crippen LogP contribution in [0.15, 0.2) is 59.1 Å². The Morgan fingerprint density at radius 2 is 1.90 bits per heavy atom. The number of nitriles is 1. The Morgan fingerprint density at radius 3 is 2.71 bits per heavy atom. The molecule has 6 rings (SSSR count). The minimum atomic E-state index is 0.0474. The number of nitrogens with zero attached hydrogens (tertiary/aromatic N) is 3. The van der Waals surface area contributed by atoms with Gasteiger partial charge in [0, 0.05) is 68.0 Å². The first-order valence-electron chi connectivity index (χ1n) is 14.4. The molecule has 0 amide bonds. The van der Waals surface area contributed by atoms with Crippen LogP contribution in [-0.2, 0) is 16.0 Å². The first kappa shape index (κ1) is 28.2. The monoisotopic (exact) mass is 569 g/mol. The normalized spacial score (nSPS) is 18.2. The molecule has 218 valence electrons. The van der Waals surface area contributed by atoms with Gasteiger partial charge in [0.1, 0.15) is 34.9 Å². The number of pyridine rings is 1. The quantitative estimate of drug-likeness (QED) is 0.291. The third-order valence-corrected chi connectivity index (χ3v) is 7.92. The van der Waals surface area contributed by atoms with Crippen LogP contribution in [0.2, 0.25) is 0 Å². The lowest BCUT2D eigenvalue weighted by Gasteiger charge is -2.33. The van der Waals surface area contributed by atoms with Gasteiger partial charge in [0.25, 0.3) is 0 Å². The molecule has 1 atom stereocenters. The van der Waals surface area contributed by atoms with Crippen LogP contribution in [0.5, 0.6) is 11.5 Å². The average Bonchev–Trinajstić information content (AvgIpc) is 3.47. The fraction of sp³-hybridized carbons (Fsp3) is 0.394. The number of ether oxygens (including phenoxy) is 4. The minimum absolute atomic E-state index is 0.0474. The summed E-state index contributed by atoms with van der Waals surface area (Å²) in [6.45, 7) is 4.47. The minimum Gasteiger partial charge on any atom is -0.496 e. The van der Waals surface area contributed by atoms with Gasteiger partial charge in [-0.05, 0) is 36.2 Å². The number of methoxy groups -OCH3 is 1. The lowest BCUT2D eigenvalue weighted by Crippen LogP contribution is -2.42. The number of hydrogen-bond acceptors (Lipinski definition) is 9. The SMILES string of the molecule is COc1cc(-c2cc3nccc(-c4ccc(OC5CCOCC5)c(C#N)c4)c3o2)ccc1CN1CCOC(CCO)C1. The summed E-state index contributed by atoms with van der Waals surface area (Å²) in [7, 11) is 1.68. The van der Waals surface area contributed by atoms with Crippen molar-refractivity contribution in [3.8, 4) is 40.0 Å². The lowest BCUT2D eigenvalue weighted by atomic mass is 10.0. The number of fused-ring (bicyclic) bond motifs is 1. The van der Waals surface area contributed by atoms with Crippen molar-refractivity contribution in [3.63, 3.8) is 0 Å². The maximum absolute atomic E-state index is 9.88. The molecule has 9 heteroatoms. The highest BCUT2D eigenvalue weighted by Crippen LogP contribution is 2.37. The predicted molar refractivity (Wildman–Crippen MR) is 157 cm³/mol. The van der Waals surface area contributed by atoms with Gasteiger partial charge < -0.3 is 28.5 Å². The maximum Gasteiger partial charge on any atom is 0.161 e. The standard InChI is InChI=1S/C33H35N3O6/c1-38-31-17-23(2-3-24(31)20-36-11-15-40-27(21-36)7-12-37)32-18-29-33(42-32)28(6-10-35-29)22-4-5-30(25(16-22)19-34)41-26-8-13-39-14-9-26/h2-6,10,16-18,26-27,37H,7-9,11-15,20-21H2,1H3. The van der Waals surface area contributed by atoms with Crippen molar-refractivity contribution in [1.29, 1.82) is 5.26 Å². The van der Waals surface area contributed by atoms with Crippen molar-refractivity contribution >= 4 is 11.1 Å². The van der Waals surface area contributed by atoms with E-state index in [1.165, 1.54) is 0 Å². The Hall–Kier alpha value is -3.94. The van der Waals surface area contributed by atoms with E-state index in [4.69, 9.17) is 23.4 Å². The summed E-state index contributed by atoms with van der Waals surface area (Å²) in [6.07, 6.45) is 4.13. The predicted octanol–water partition coefficient (Wildman–Crippen LogP) is 5.18. The molecule has 42 heavy (non-hydrogen) atoms. The number of aromatic nitrogens is 1. The second-order valence-electron chi connectivity index (χ2n) is 10.7. The Labute approximate surface area is 245 Å². The van der Waals surface area contributed by atoms with Crippen molar-refractivity contribution in [2.24, 2.45) is 0 Å². The number of morpholine rings is 1. The van der Waals surface area contributed by atoms with E-state index in [1.807, 2.05) is 42.5 Å². The number of rotatable bonds is 9. The Morgan fingerprint density at radius 1 is 1.05 bits per heavy atom. The van der Waals surface area contributed by atoms with Crippen molar-refractivity contribution in [2.45, 2.75) is 38.0 Å². The highest BCUT2D eigenvalue weighted by atomic mass is 16.5. The van der Waals surface area contributed by atoms with E-state index in [0.29, 0.717) is 48.9 Å². The molecule has 0 radical (unpaired) electrons. The molecule has 2 saturated heterocycles. The van der Waals surface area contributed by atoms with Crippen LogP contribution in [0.1, 0.15) is 30.4 Å². The van der Waals surface area contributed by atoms with E-state index in [-0.39, 0.29) is 18.8 Å². The van der Waals surface area contributed by atoms with Crippen LogP contribution in [0.25, 0.3) is 33.6 Å². The Bertz CT molecular complexity index is 1570. The van der Waals surface area contributed by atoms with Crippen LogP contribution >= 0.6 is 0 Å². The molecule has 2 fully saturated rings. The van der Waals surface area contributed by atoms with Gasteiger partial charge in [-0.15, -0.1) is 0 Å². The second kappa shape index (κ2) is 12.9. The summed E-state index contributed by atoms with van der Waals surface area (Å²) in [6, 6.07) is 17.9. The summed E-state index contributed by atoms with van der Waals surface area (Å²) in [4.78, 5) is 6.88. The van der Waals surface area contributed by atoms with Crippen LogP contribution < -0.4 is 9.47 Å². The molecular weight excluding hydrogens is 534 g/mol. The first-order chi connectivity index (χ1) is 20.6. The van der Waals surface area contributed by atoms with E-state index in [1.54, 1.807) is 13.3 Å². The Balaban J connectivity index is 1.25. The molecular formula is C33H35N3O6. The third kappa shape index (κ3) is 6.13. The van der Waals surface area contributed by atoms with Crippen LogP contribution in [0, 0.1) is 11.3 Å².